The average Bonchev–Trinajstić information content (AvgIpc) is 2.26. The fourth-order valence-corrected chi connectivity index (χ4v) is 1.03. The number of carbonyl (C=O) groups excluding carboxylic acids is 1. The standard InChI is InChI=1S/C10H10O5/c1-14-10(13)15-8(9(11)12)7-5-3-2-4-6-7/h2-6,8H,1H3,(H,11,12). The first-order valence-corrected chi connectivity index (χ1v) is 4.17. The number of ether oxygens (including phenoxy) is 2. The second-order valence-electron chi connectivity index (χ2n) is 2.70. The van der Waals surface area contributed by atoms with Gasteiger partial charge in [-0.15, -0.1) is 0 Å². The normalized spacial score (nSPS) is 11.5. The second-order valence-corrected chi connectivity index (χ2v) is 2.70. The Morgan fingerprint density at radius 1 is 1.27 bits per heavy atom. The third-order valence-electron chi connectivity index (χ3n) is 1.71. The summed E-state index contributed by atoms with van der Waals surface area (Å²) < 4.78 is 8.81. The van der Waals surface area contributed by atoms with E-state index in [1.807, 2.05) is 0 Å². The number of hydrogen-bond acceptors (Lipinski definition) is 4. The summed E-state index contributed by atoms with van der Waals surface area (Å²) in [5, 5.41) is 8.84. The van der Waals surface area contributed by atoms with Crippen LogP contribution in [0.2, 0.25) is 0 Å². The highest BCUT2D eigenvalue weighted by molar-refractivity contribution is 5.77. The first kappa shape index (κ1) is 11.0. The fourth-order valence-electron chi connectivity index (χ4n) is 1.03. The van der Waals surface area contributed by atoms with Crippen molar-refractivity contribution in [1.82, 2.24) is 0 Å². The first-order chi connectivity index (χ1) is 7.15. The minimum Gasteiger partial charge on any atom is -0.478 e. The Hall–Kier alpha value is -2.04. The Bertz CT molecular complexity index is 346. The molecule has 0 aliphatic carbocycles. The summed E-state index contributed by atoms with van der Waals surface area (Å²) in [5.74, 6) is -1.24. The van der Waals surface area contributed by atoms with Crippen LogP contribution in [-0.2, 0) is 14.3 Å². The van der Waals surface area contributed by atoms with Crippen molar-refractivity contribution in [2.45, 2.75) is 6.10 Å². The van der Waals surface area contributed by atoms with Crippen molar-refractivity contribution in [2.24, 2.45) is 0 Å². The van der Waals surface area contributed by atoms with Gasteiger partial charge in [-0.3, -0.25) is 0 Å². The Morgan fingerprint density at radius 2 is 1.87 bits per heavy atom. The van der Waals surface area contributed by atoms with E-state index in [4.69, 9.17) is 5.11 Å². The van der Waals surface area contributed by atoms with Crippen LogP contribution >= 0.6 is 0 Å². The lowest BCUT2D eigenvalue weighted by Crippen LogP contribution is -2.19. The molecule has 0 amide bonds. The zero-order valence-electron chi connectivity index (χ0n) is 8.04. The van der Waals surface area contributed by atoms with Crippen molar-refractivity contribution >= 4 is 12.1 Å². The summed E-state index contributed by atoms with van der Waals surface area (Å²) in [7, 11) is 1.12. The number of carboxylic acids is 1. The molecule has 1 aromatic carbocycles. The van der Waals surface area contributed by atoms with Gasteiger partial charge in [0, 0.05) is 5.56 Å². The Balaban J connectivity index is 2.84. The zero-order valence-corrected chi connectivity index (χ0v) is 8.04. The molecule has 1 N–H and O–H groups in total. The topological polar surface area (TPSA) is 72.8 Å². The van der Waals surface area contributed by atoms with E-state index in [-0.39, 0.29) is 0 Å². The van der Waals surface area contributed by atoms with Crippen LogP contribution in [0.25, 0.3) is 0 Å². The van der Waals surface area contributed by atoms with Crippen LogP contribution in [-0.4, -0.2) is 24.3 Å². The van der Waals surface area contributed by atoms with Gasteiger partial charge < -0.3 is 14.6 Å². The summed E-state index contributed by atoms with van der Waals surface area (Å²) in [6, 6.07) is 8.17. The highest BCUT2D eigenvalue weighted by Crippen LogP contribution is 2.17. The second kappa shape index (κ2) is 4.99. The minimum atomic E-state index is -1.33. The molecule has 0 spiro atoms. The van der Waals surface area contributed by atoms with E-state index in [9.17, 15) is 9.59 Å². The van der Waals surface area contributed by atoms with Crippen LogP contribution in [0.5, 0.6) is 0 Å². The molecule has 0 fully saturated rings. The van der Waals surface area contributed by atoms with Gasteiger partial charge >= 0.3 is 12.1 Å². The Labute approximate surface area is 86.2 Å². The van der Waals surface area contributed by atoms with Crippen molar-refractivity contribution in [1.29, 1.82) is 0 Å². The highest BCUT2D eigenvalue weighted by atomic mass is 16.7. The van der Waals surface area contributed by atoms with Crippen molar-refractivity contribution in [2.75, 3.05) is 7.11 Å². The van der Waals surface area contributed by atoms with Gasteiger partial charge in [0.15, 0.2) is 0 Å². The number of hydrogen-bond donors (Lipinski definition) is 1. The summed E-state index contributed by atoms with van der Waals surface area (Å²) in [6.07, 6.45) is -2.36. The van der Waals surface area contributed by atoms with E-state index >= 15 is 0 Å². The maximum Gasteiger partial charge on any atom is 0.509 e. The van der Waals surface area contributed by atoms with E-state index in [1.54, 1.807) is 30.3 Å². The van der Waals surface area contributed by atoms with Crippen LogP contribution in [0.15, 0.2) is 30.3 Å². The quantitative estimate of drug-likeness (QED) is 0.767. The molecule has 1 atom stereocenters. The molecule has 0 heterocycles. The molecule has 5 heteroatoms. The number of aliphatic carboxylic acids is 1. The summed E-state index contributed by atoms with van der Waals surface area (Å²) in [5.41, 5.74) is 0.385. The molecule has 1 unspecified atom stereocenters. The van der Waals surface area contributed by atoms with Gasteiger partial charge in [0.05, 0.1) is 7.11 Å². The molecule has 5 nitrogen and oxygen atoms in total. The number of rotatable bonds is 3. The van der Waals surface area contributed by atoms with Gasteiger partial charge in [-0.2, -0.15) is 0 Å². The lowest BCUT2D eigenvalue weighted by Gasteiger charge is -2.12. The monoisotopic (exact) mass is 210 g/mol. The molecular weight excluding hydrogens is 200 g/mol. The molecule has 1 rings (SSSR count). The molecule has 0 radical (unpaired) electrons. The van der Waals surface area contributed by atoms with Crippen molar-refractivity contribution in [3.05, 3.63) is 35.9 Å². The van der Waals surface area contributed by atoms with Gasteiger partial charge in [0.25, 0.3) is 0 Å². The number of carboxylic acid groups (broad SMARTS) is 1. The van der Waals surface area contributed by atoms with Crippen LogP contribution in [0.4, 0.5) is 4.79 Å². The van der Waals surface area contributed by atoms with E-state index in [0.717, 1.165) is 7.11 Å². The lowest BCUT2D eigenvalue weighted by molar-refractivity contribution is -0.148. The van der Waals surface area contributed by atoms with Crippen LogP contribution < -0.4 is 0 Å². The molecule has 15 heavy (non-hydrogen) atoms. The van der Waals surface area contributed by atoms with Gasteiger partial charge in [-0.1, -0.05) is 30.3 Å². The van der Waals surface area contributed by atoms with E-state index < -0.39 is 18.2 Å². The van der Waals surface area contributed by atoms with Crippen LogP contribution in [0.1, 0.15) is 11.7 Å². The molecule has 0 aliphatic rings. The lowest BCUT2D eigenvalue weighted by atomic mass is 10.1. The molecule has 1 aromatic rings. The Morgan fingerprint density at radius 3 is 2.33 bits per heavy atom. The van der Waals surface area contributed by atoms with E-state index in [2.05, 4.69) is 9.47 Å². The van der Waals surface area contributed by atoms with E-state index in [1.165, 1.54) is 0 Å². The van der Waals surface area contributed by atoms with Gasteiger partial charge in [0.1, 0.15) is 0 Å². The smallest absolute Gasteiger partial charge is 0.478 e. The predicted molar refractivity (Wildman–Crippen MR) is 50.3 cm³/mol. The molecule has 0 saturated heterocycles. The maximum absolute atomic E-state index is 10.8. The van der Waals surface area contributed by atoms with Crippen molar-refractivity contribution in [3.63, 3.8) is 0 Å². The number of methoxy groups -OCH3 is 1. The summed E-state index contributed by atoms with van der Waals surface area (Å²) in [6.45, 7) is 0. The van der Waals surface area contributed by atoms with Crippen LogP contribution in [0, 0.1) is 0 Å². The van der Waals surface area contributed by atoms with Crippen molar-refractivity contribution < 1.29 is 24.2 Å². The zero-order chi connectivity index (χ0) is 11.3. The summed E-state index contributed by atoms with van der Waals surface area (Å²) >= 11 is 0. The van der Waals surface area contributed by atoms with Gasteiger partial charge in [-0.25, -0.2) is 9.59 Å². The largest absolute Gasteiger partial charge is 0.509 e. The predicted octanol–water partition coefficient (Wildman–Crippen LogP) is 1.60. The molecule has 0 bridgehead atoms. The number of benzene rings is 1. The van der Waals surface area contributed by atoms with Gasteiger partial charge in [0.2, 0.25) is 6.10 Å². The third kappa shape index (κ3) is 2.98. The van der Waals surface area contributed by atoms with Gasteiger partial charge in [-0.05, 0) is 0 Å². The first-order valence-electron chi connectivity index (χ1n) is 4.17. The highest BCUT2D eigenvalue weighted by Gasteiger charge is 2.24. The van der Waals surface area contributed by atoms with E-state index in [0.29, 0.717) is 5.56 Å². The Kier molecular flexibility index (Phi) is 3.68. The molecule has 0 aliphatic heterocycles. The molecule has 0 aromatic heterocycles. The minimum absolute atomic E-state index is 0.385. The molecule has 80 valence electrons. The third-order valence-corrected chi connectivity index (χ3v) is 1.71. The van der Waals surface area contributed by atoms with Crippen LogP contribution in [0.3, 0.4) is 0 Å². The fraction of sp³-hybridized carbons (Fsp3) is 0.200. The SMILES string of the molecule is COC(=O)OC(C(=O)O)c1ccccc1. The van der Waals surface area contributed by atoms with Crippen molar-refractivity contribution in [3.8, 4) is 0 Å². The maximum atomic E-state index is 10.8. The number of carbonyl (C=O) groups is 2. The molecular formula is C10H10O5. The summed E-state index contributed by atoms with van der Waals surface area (Å²) in [4.78, 5) is 21.6. The average molecular weight is 210 g/mol. The molecule has 0 saturated carbocycles.